The average Bonchev–Trinajstić information content (AvgIpc) is 4.06. The van der Waals surface area contributed by atoms with Crippen LogP contribution in [-0.4, -0.2) is 52.9 Å². The quantitative estimate of drug-likeness (QED) is 0.0799. The first kappa shape index (κ1) is 39.8. The normalized spacial score (nSPS) is 16.2. The second-order valence-corrected chi connectivity index (χ2v) is 16.4. The smallest absolute Gasteiger partial charge is 0.320 e. The largest absolute Gasteiger partial charge is 0.480 e. The molecule has 3 aliphatic rings. The Morgan fingerprint density at radius 1 is 0.702 bits per heavy atom. The van der Waals surface area contributed by atoms with Crippen LogP contribution in [0.25, 0.3) is 32.7 Å². The van der Waals surface area contributed by atoms with Gasteiger partial charge in [0.25, 0.3) is 5.69 Å². The van der Waals surface area contributed by atoms with Gasteiger partial charge >= 0.3 is 11.9 Å². The number of aryl methyl sites for hydroxylation is 4. The van der Waals surface area contributed by atoms with Crippen molar-refractivity contribution in [2.24, 2.45) is 32.6 Å². The van der Waals surface area contributed by atoms with Crippen molar-refractivity contribution in [1.82, 2.24) is 13.7 Å². The topological polar surface area (TPSA) is 185 Å². The van der Waals surface area contributed by atoms with Crippen LogP contribution in [0.2, 0.25) is 0 Å². The third-order valence-corrected chi connectivity index (χ3v) is 12.5. The standard InChI is InChI=1S/C16H19N3O4.C16H20N2O2.C13H15N/c1-8-11(7-12(17)16(20)21)14-10(9-3-4-9)5-6-13(19(22)23)15(14)18(8)2;1-9-12(8-13(17)16(19)20)15-11(10-6-7-10)4-3-5-14(15)18(9)2;1-9-8-12-11(10-6-7-10)4-3-5-13(12)14(9)2/h5-6,9,12H,3-4,7,17H2,1-2H3,(H,20,21);3-5,10,13H,6-8,17H2,1-2H3,(H,19,20);3-5,8,10H,6-7H2,1-2H3. The van der Waals surface area contributed by atoms with Gasteiger partial charge in [-0.2, -0.15) is 0 Å². The molecule has 12 heteroatoms. The summed E-state index contributed by atoms with van der Waals surface area (Å²) < 4.78 is 6.20. The van der Waals surface area contributed by atoms with Gasteiger partial charge in [-0.1, -0.05) is 30.3 Å². The summed E-state index contributed by atoms with van der Waals surface area (Å²) in [5.41, 5.74) is 23.8. The first-order valence-corrected chi connectivity index (χ1v) is 19.9. The number of nitro groups is 1. The van der Waals surface area contributed by atoms with Gasteiger partial charge in [0, 0.05) is 84.3 Å². The molecular formula is C45H54N6O6. The van der Waals surface area contributed by atoms with Gasteiger partial charge in [0.1, 0.15) is 17.6 Å². The summed E-state index contributed by atoms with van der Waals surface area (Å²) >= 11 is 0. The number of carboxylic acids is 2. The number of benzene rings is 3. The number of carboxylic acid groups (broad SMARTS) is 2. The predicted molar refractivity (Wildman–Crippen MR) is 224 cm³/mol. The van der Waals surface area contributed by atoms with Crippen LogP contribution in [-0.2, 0) is 43.6 Å². The number of non-ortho nitro benzene ring substituents is 1. The van der Waals surface area contributed by atoms with Gasteiger partial charge in [0.2, 0.25) is 0 Å². The lowest BCUT2D eigenvalue weighted by atomic mass is 9.96. The molecule has 3 aromatic heterocycles. The number of nitro benzene ring substituents is 1. The van der Waals surface area contributed by atoms with Crippen LogP contribution in [0.5, 0.6) is 0 Å². The second-order valence-electron chi connectivity index (χ2n) is 16.4. The highest BCUT2D eigenvalue weighted by Gasteiger charge is 2.33. The molecule has 3 fully saturated rings. The Balaban J connectivity index is 0.000000134. The summed E-state index contributed by atoms with van der Waals surface area (Å²) in [6, 6.07) is 16.9. The monoisotopic (exact) mass is 774 g/mol. The number of carbonyl (C=O) groups is 2. The van der Waals surface area contributed by atoms with Gasteiger partial charge in [-0.3, -0.25) is 19.7 Å². The van der Waals surface area contributed by atoms with E-state index < -0.39 is 24.0 Å². The van der Waals surface area contributed by atoms with Crippen LogP contribution in [0.4, 0.5) is 5.69 Å². The van der Waals surface area contributed by atoms with E-state index in [4.69, 9.17) is 21.7 Å². The Bertz CT molecular complexity index is 2550. The SMILES string of the molecule is Cc1c(CC(N)C(=O)O)c2c(C3CC3)ccc([N+](=O)[O-])c2n1C.Cc1c(CC(N)C(=O)O)c2c(C3CC3)cccc2n1C.Cc1cc2c(C3CC3)cccc2n1C. The molecule has 0 saturated heterocycles. The summed E-state index contributed by atoms with van der Waals surface area (Å²) in [6.07, 6.45) is 7.91. The van der Waals surface area contributed by atoms with Crippen molar-refractivity contribution in [2.75, 3.05) is 0 Å². The number of nitrogens with two attached hydrogens (primary N) is 2. The molecule has 9 rings (SSSR count). The Hall–Kier alpha value is -5.46. The van der Waals surface area contributed by atoms with E-state index in [0.717, 1.165) is 52.2 Å². The lowest BCUT2D eigenvalue weighted by Crippen LogP contribution is -2.32. The fraction of sp³-hybridized carbons (Fsp3) is 0.422. The molecule has 0 aliphatic heterocycles. The highest BCUT2D eigenvalue weighted by Crippen LogP contribution is 2.48. The zero-order valence-electron chi connectivity index (χ0n) is 33.7. The molecule has 0 radical (unpaired) electrons. The van der Waals surface area contributed by atoms with Crippen molar-refractivity contribution in [3.8, 4) is 0 Å². The first-order chi connectivity index (χ1) is 27.1. The summed E-state index contributed by atoms with van der Waals surface area (Å²) in [4.78, 5) is 33.2. The molecular weight excluding hydrogens is 721 g/mol. The zero-order chi connectivity index (χ0) is 41.0. The van der Waals surface area contributed by atoms with E-state index in [1.54, 1.807) is 23.2 Å². The predicted octanol–water partition coefficient (Wildman–Crippen LogP) is 7.91. The minimum Gasteiger partial charge on any atom is -0.480 e. The van der Waals surface area contributed by atoms with Crippen molar-refractivity contribution in [3.63, 3.8) is 0 Å². The Kier molecular flexibility index (Phi) is 10.8. The van der Waals surface area contributed by atoms with E-state index >= 15 is 0 Å². The van der Waals surface area contributed by atoms with Gasteiger partial charge in [-0.05, 0) is 123 Å². The molecule has 6 aromatic rings. The maximum Gasteiger partial charge on any atom is 0.320 e. The Morgan fingerprint density at radius 3 is 1.70 bits per heavy atom. The Morgan fingerprint density at radius 2 is 1.18 bits per heavy atom. The molecule has 2 atom stereocenters. The van der Waals surface area contributed by atoms with Crippen molar-refractivity contribution in [1.29, 1.82) is 0 Å². The molecule has 12 nitrogen and oxygen atoms in total. The highest BCUT2D eigenvalue weighted by molar-refractivity contribution is 5.96. The molecule has 0 bridgehead atoms. The number of aromatic nitrogens is 3. The highest BCUT2D eigenvalue weighted by atomic mass is 16.6. The number of hydrogen-bond acceptors (Lipinski definition) is 6. The molecule has 3 aliphatic carbocycles. The van der Waals surface area contributed by atoms with Gasteiger partial charge in [-0.25, -0.2) is 0 Å². The fourth-order valence-corrected chi connectivity index (χ4v) is 8.53. The number of aliphatic carboxylic acids is 2. The van der Waals surface area contributed by atoms with Crippen molar-refractivity contribution in [3.05, 3.63) is 110 Å². The molecule has 6 N–H and O–H groups in total. The van der Waals surface area contributed by atoms with Crippen LogP contribution in [0.3, 0.4) is 0 Å². The molecule has 57 heavy (non-hydrogen) atoms. The maximum atomic E-state index is 11.4. The number of nitrogens with zero attached hydrogens (tertiary/aromatic N) is 4. The summed E-state index contributed by atoms with van der Waals surface area (Å²) in [5.74, 6) is -0.120. The van der Waals surface area contributed by atoms with Crippen molar-refractivity contribution in [2.45, 2.75) is 102 Å². The van der Waals surface area contributed by atoms with Crippen LogP contribution in [0.1, 0.15) is 101 Å². The Labute approximate surface area is 332 Å². The van der Waals surface area contributed by atoms with E-state index in [9.17, 15) is 19.7 Å². The average molecular weight is 775 g/mol. The summed E-state index contributed by atoms with van der Waals surface area (Å²) in [6.45, 7) is 6.07. The molecule has 0 amide bonds. The number of rotatable bonds is 10. The van der Waals surface area contributed by atoms with E-state index in [2.05, 4.69) is 65.6 Å². The summed E-state index contributed by atoms with van der Waals surface area (Å²) in [7, 11) is 5.95. The fourth-order valence-electron chi connectivity index (χ4n) is 8.53. The molecule has 2 unspecified atom stereocenters. The lowest BCUT2D eigenvalue weighted by Gasteiger charge is -2.09. The minimum atomic E-state index is -1.07. The third kappa shape index (κ3) is 7.68. The number of hydrogen-bond donors (Lipinski definition) is 4. The molecule has 0 spiro atoms. The van der Waals surface area contributed by atoms with E-state index in [0.29, 0.717) is 23.8 Å². The van der Waals surface area contributed by atoms with Crippen LogP contribution < -0.4 is 11.5 Å². The maximum absolute atomic E-state index is 11.4. The van der Waals surface area contributed by atoms with Gasteiger partial charge in [0.15, 0.2) is 0 Å². The first-order valence-electron chi connectivity index (χ1n) is 19.9. The van der Waals surface area contributed by atoms with E-state index in [-0.39, 0.29) is 17.0 Å². The van der Waals surface area contributed by atoms with E-state index in [1.807, 2.05) is 27.0 Å². The van der Waals surface area contributed by atoms with Crippen LogP contribution >= 0.6 is 0 Å². The molecule has 300 valence electrons. The van der Waals surface area contributed by atoms with Crippen LogP contribution in [0.15, 0.2) is 54.6 Å². The van der Waals surface area contributed by atoms with Crippen LogP contribution in [0, 0.1) is 30.9 Å². The molecule has 3 saturated carbocycles. The van der Waals surface area contributed by atoms with Crippen molar-refractivity contribution >= 4 is 50.3 Å². The minimum absolute atomic E-state index is 0.0464. The van der Waals surface area contributed by atoms with Gasteiger partial charge in [0.05, 0.1) is 4.92 Å². The lowest BCUT2D eigenvalue weighted by molar-refractivity contribution is -0.383. The third-order valence-electron chi connectivity index (χ3n) is 12.5. The van der Waals surface area contributed by atoms with Crippen molar-refractivity contribution < 1.29 is 24.7 Å². The zero-order valence-corrected chi connectivity index (χ0v) is 33.7. The molecule has 3 aromatic carbocycles. The van der Waals surface area contributed by atoms with Gasteiger partial charge < -0.3 is 35.4 Å². The van der Waals surface area contributed by atoms with E-state index in [1.165, 1.54) is 58.7 Å². The number of fused-ring (bicyclic) bond motifs is 3. The second kappa shape index (κ2) is 15.5. The molecule has 3 heterocycles. The van der Waals surface area contributed by atoms with Gasteiger partial charge in [-0.15, -0.1) is 0 Å². The summed E-state index contributed by atoms with van der Waals surface area (Å²) in [5, 5.41) is 33.1.